The van der Waals surface area contributed by atoms with Gasteiger partial charge in [0.1, 0.15) is 6.54 Å². The number of nitrogens with zero attached hydrogens (tertiary/aromatic N) is 2. The Hall–Kier alpha value is -1.06. The molecule has 0 saturated heterocycles. The van der Waals surface area contributed by atoms with Crippen LogP contribution in [0.3, 0.4) is 0 Å². The molecular formula is C18H35IN4O3. The van der Waals surface area contributed by atoms with Gasteiger partial charge in [0, 0.05) is 26.7 Å². The molecular weight excluding hydrogens is 447 g/mol. The molecule has 1 aliphatic rings. The quantitative estimate of drug-likeness (QED) is 0.182. The molecule has 0 aromatic rings. The maximum absolute atomic E-state index is 11.8. The van der Waals surface area contributed by atoms with E-state index in [0.29, 0.717) is 12.6 Å². The number of amides is 1. The molecule has 0 aromatic heterocycles. The van der Waals surface area contributed by atoms with Crippen molar-refractivity contribution in [1.82, 2.24) is 15.5 Å². The Bertz CT molecular complexity index is 450. The van der Waals surface area contributed by atoms with Gasteiger partial charge in [-0.25, -0.2) is 4.99 Å². The van der Waals surface area contributed by atoms with Gasteiger partial charge in [-0.15, -0.1) is 24.0 Å². The molecule has 1 saturated carbocycles. The highest BCUT2D eigenvalue weighted by Gasteiger charge is 2.27. The van der Waals surface area contributed by atoms with Crippen molar-refractivity contribution in [3.63, 3.8) is 0 Å². The molecule has 0 spiro atoms. The Morgan fingerprint density at radius 1 is 1.15 bits per heavy atom. The highest BCUT2D eigenvalue weighted by atomic mass is 127. The van der Waals surface area contributed by atoms with Crippen LogP contribution in [-0.4, -0.2) is 62.6 Å². The molecule has 0 aliphatic heterocycles. The standard InChI is InChI=1S/C18H34N4O3.HI/c1-5-7-12-19-18(20-13-16(23)22(3)4)21-15-10-8-14(9-11-15)17(24)25-6-2;/h14-15H,5-13H2,1-4H3,(H2,19,20,21);1H. The van der Waals surface area contributed by atoms with Crippen molar-refractivity contribution < 1.29 is 14.3 Å². The second kappa shape index (κ2) is 14.1. The van der Waals surface area contributed by atoms with E-state index in [1.165, 1.54) is 4.90 Å². The minimum Gasteiger partial charge on any atom is -0.466 e. The van der Waals surface area contributed by atoms with Crippen LogP contribution < -0.4 is 10.6 Å². The molecule has 0 bridgehead atoms. The van der Waals surface area contributed by atoms with Crippen molar-refractivity contribution in [3.8, 4) is 0 Å². The van der Waals surface area contributed by atoms with E-state index in [1.807, 2.05) is 6.92 Å². The molecule has 1 amide bonds. The predicted octanol–water partition coefficient (Wildman–Crippen LogP) is 2.15. The normalized spacial score (nSPS) is 19.9. The summed E-state index contributed by atoms with van der Waals surface area (Å²) in [6.07, 6.45) is 5.61. The van der Waals surface area contributed by atoms with E-state index >= 15 is 0 Å². The Morgan fingerprint density at radius 3 is 2.35 bits per heavy atom. The molecule has 0 unspecified atom stereocenters. The zero-order valence-corrected chi connectivity index (χ0v) is 18.9. The number of carbonyl (C=O) groups excluding carboxylic acids is 2. The van der Waals surface area contributed by atoms with E-state index in [-0.39, 0.29) is 54.4 Å². The van der Waals surface area contributed by atoms with Crippen molar-refractivity contribution in [2.24, 2.45) is 10.9 Å². The Balaban J connectivity index is 0.00000625. The third kappa shape index (κ3) is 9.59. The zero-order chi connectivity index (χ0) is 18.7. The molecule has 0 radical (unpaired) electrons. The second-order valence-electron chi connectivity index (χ2n) is 6.68. The zero-order valence-electron chi connectivity index (χ0n) is 16.5. The van der Waals surface area contributed by atoms with Crippen LogP contribution >= 0.6 is 24.0 Å². The third-order valence-electron chi connectivity index (χ3n) is 4.38. The number of carbonyl (C=O) groups is 2. The first kappa shape index (κ1) is 24.9. The molecule has 1 rings (SSSR count). The lowest BCUT2D eigenvalue weighted by atomic mass is 9.86. The monoisotopic (exact) mass is 482 g/mol. The summed E-state index contributed by atoms with van der Waals surface area (Å²) in [6, 6.07) is 0.271. The summed E-state index contributed by atoms with van der Waals surface area (Å²) in [5.74, 6) is 0.597. The van der Waals surface area contributed by atoms with E-state index in [2.05, 4.69) is 22.5 Å². The minimum atomic E-state index is -0.0764. The van der Waals surface area contributed by atoms with Crippen LogP contribution in [0.1, 0.15) is 52.4 Å². The van der Waals surface area contributed by atoms with Crippen LogP contribution in [-0.2, 0) is 14.3 Å². The Morgan fingerprint density at radius 2 is 1.81 bits per heavy atom. The third-order valence-corrected chi connectivity index (χ3v) is 4.38. The van der Waals surface area contributed by atoms with Crippen LogP contribution in [0.5, 0.6) is 0 Å². The largest absolute Gasteiger partial charge is 0.466 e. The molecule has 2 N–H and O–H groups in total. The van der Waals surface area contributed by atoms with Crippen molar-refractivity contribution in [2.75, 3.05) is 33.8 Å². The molecule has 1 aliphatic carbocycles. The number of guanidine groups is 1. The summed E-state index contributed by atoms with van der Waals surface area (Å²) in [4.78, 5) is 29.5. The van der Waals surface area contributed by atoms with Gasteiger partial charge >= 0.3 is 5.97 Å². The molecule has 8 heteroatoms. The summed E-state index contributed by atoms with van der Waals surface area (Å²) >= 11 is 0. The maximum atomic E-state index is 11.8. The summed E-state index contributed by atoms with van der Waals surface area (Å²) in [5, 5.41) is 6.71. The number of halogens is 1. The summed E-state index contributed by atoms with van der Waals surface area (Å²) in [6.45, 7) is 5.38. The number of hydrogen-bond donors (Lipinski definition) is 2. The van der Waals surface area contributed by atoms with E-state index < -0.39 is 0 Å². The highest BCUT2D eigenvalue weighted by molar-refractivity contribution is 14.0. The van der Waals surface area contributed by atoms with Gasteiger partial charge in [0.25, 0.3) is 0 Å². The van der Waals surface area contributed by atoms with Crippen LogP contribution in [0.15, 0.2) is 4.99 Å². The number of hydrogen-bond acceptors (Lipinski definition) is 4. The summed E-state index contributed by atoms with van der Waals surface area (Å²) in [7, 11) is 3.46. The van der Waals surface area contributed by atoms with Crippen LogP contribution in [0, 0.1) is 5.92 Å². The molecule has 1 fully saturated rings. The average molecular weight is 482 g/mol. The molecule has 7 nitrogen and oxygen atoms in total. The lowest BCUT2D eigenvalue weighted by molar-refractivity contribution is -0.149. The number of nitrogens with one attached hydrogen (secondary N) is 2. The van der Waals surface area contributed by atoms with Crippen molar-refractivity contribution >= 4 is 41.8 Å². The second-order valence-corrected chi connectivity index (χ2v) is 6.68. The number of unbranched alkanes of at least 4 members (excludes halogenated alkanes) is 1. The van der Waals surface area contributed by atoms with E-state index in [1.54, 1.807) is 14.1 Å². The fourth-order valence-electron chi connectivity index (χ4n) is 2.75. The van der Waals surface area contributed by atoms with Crippen molar-refractivity contribution in [3.05, 3.63) is 0 Å². The fraction of sp³-hybridized carbons (Fsp3) is 0.833. The minimum absolute atomic E-state index is 0. The van der Waals surface area contributed by atoms with E-state index in [0.717, 1.165) is 45.1 Å². The first-order valence-corrected chi connectivity index (χ1v) is 9.39. The summed E-state index contributed by atoms with van der Waals surface area (Å²) < 4.78 is 5.11. The van der Waals surface area contributed by atoms with Gasteiger partial charge in [0.2, 0.25) is 5.91 Å². The topological polar surface area (TPSA) is 83.0 Å². The Kier molecular flexibility index (Phi) is 13.5. The number of likely N-dealkylation sites (N-methyl/N-ethyl adjacent to an activating group) is 1. The molecule has 0 heterocycles. The molecule has 0 aromatic carbocycles. The Labute approximate surface area is 174 Å². The number of aliphatic imine (C=N–C) groups is 1. The number of ether oxygens (including phenoxy) is 1. The van der Waals surface area contributed by atoms with Crippen LogP contribution in [0.2, 0.25) is 0 Å². The van der Waals surface area contributed by atoms with E-state index in [4.69, 9.17) is 4.74 Å². The summed E-state index contributed by atoms with van der Waals surface area (Å²) in [5.41, 5.74) is 0. The SMILES string of the molecule is CCCCNC(=NCC(=O)N(C)C)NC1CCC(C(=O)OCC)CC1.I. The van der Waals surface area contributed by atoms with Crippen LogP contribution in [0.4, 0.5) is 0 Å². The first-order chi connectivity index (χ1) is 12.0. The molecule has 26 heavy (non-hydrogen) atoms. The first-order valence-electron chi connectivity index (χ1n) is 9.39. The van der Waals surface area contributed by atoms with Gasteiger partial charge in [-0.3, -0.25) is 9.59 Å². The van der Waals surface area contributed by atoms with Gasteiger partial charge in [-0.1, -0.05) is 13.3 Å². The lowest BCUT2D eigenvalue weighted by Crippen LogP contribution is -2.46. The predicted molar refractivity (Wildman–Crippen MR) is 115 cm³/mol. The van der Waals surface area contributed by atoms with Crippen LogP contribution in [0.25, 0.3) is 0 Å². The fourth-order valence-corrected chi connectivity index (χ4v) is 2.75. The van der Waals surface area contributed by atoms with Gasteiger partial charge in [0.05, 0.1) is 12.5 Å². The average Bonchev–Trinajstić information content (AvgIpc) is 2.60. The van der Waals surface area contributed by atoms with Gasteiger partial charge in [-0.2, -0.15) is 0 Å². The maximum Gasteiger partial charge on any atom is 0.308 e. The molecule has 152 valence electrons. The van der Waals surface area contributed by atoms with Crippen molar-refractivity contribution in [1.29, 1.82) is 0 Å². The highest BCUT2D eigenvalue weighted by Crippen LogP contribution is 2.25. The number of rotatable bonds is 8. The van der Waals surface area contributed by atoms with Gasteiger partial charge < -0.3 is 20.3 Å². The van der Waals surface area contributed by atoms with Gasteiger partial charge in [0.15, 0.2) is 5.96 Å². The number of esters is 1. The molecule has 0 atom stereocenters. The lowest BCUT2D eigenvalue weighted by Gasteiger charge is -2.29. The smallest absolute Gasteiger partial charge is 0.308 e. The van der Waals surface area contributed by atoms with Crippen molar-refractivity contribution in [2.45, 2.75) is 58.4 Å². The van der Waals surface area contributed by atoms with E-state index in [9.17, 15) is 9.59 Å². The van der Waals surface area contributed by atoms with Gasteiger partial charge in [-0.05, 0) is 39.0 Å².